The van der Waals surface area contributed by atoms with Gasteiger partial charge in [0.2, 0.25) is 0 Å². The fourth-order valence-electron chi connectivity index (χ4n) is 2.54. The van der Waals surface area contributed by atoms with Gasteiger partial charge in [0.05, 0.1) is 5.39 Å². The minimum Gasteiger partial charge on any atom is -0.455 e. The molecule has 2 heterocycles. The highest BCUT2D eigenvalue weighted by atomic mass is 32.3. The molecule has 2 aromatic heterocycles. The topological polar surface area (TPSA) is 118 Å². The monoisotopic (exact) mass is 371 g/mol. The quantitative estimate of drug-likeness (QED) is 0.389. The van der Waals surface area contributed by atoms with Crippen molar-refractivity contribution in [2.75, 3.05) is 0 Å². The van der Waals surface area contributed by atoms with Gasteiger partial charge < -0.3 is 4.42 Å². The van der Waals surface area contributed by atoms with Gasteiger partial charge in [0.15, 0.2) is 5.43 Å². The molecule has 0 saturated heterocycles. The molecule has 0 spiro atoms. The SMILES string of the molecule is O=S(=O)(O)O.O=c1cc(-c2ccncc2)oc2c1ccc1ccccc12. The van der Waals surface area contributed by atoms with Crippen LogP contribution in [0.2, 0.25) is 0 Å². The predicted molar refractivity (Wildman–Crippen MR) is 97.4 cm³/mol. The molecule has 0 aliphatic carbocycles. The molecule has 8 heteroatoms. The second kappa shape index (κ2) is 7.04. The predicted octanol–water partition coefficient (Wildman–Crippen LogP) is 3.36. The van der Waals surface area contributed by atoms with Crippen molar-refractivity contribution in [2.45, 2.75) is 0 Å². The molecule has 26 heavy (non-hydrogen) atoms. The summed E-state index contributed by atoms with van der Waals surface area (Å²) in [6.45, 7) is 0. The number of hydrogen-bond donors (Lipinski definition) is 2. The number of benzene rings is 2. The molecule has 0 atom stereocenters. The molecule has 0 amide bonds. The van der Waals surface area contributed by atoms with Gasteiger partial charge in [-0.2, -0.15) is 8.42 Å². The number of fused-ring (bicyclic) bond motifs is 3. The van der Waals surface area contributed by atoms with Gasteiger partial charge >= 0.3 is 10.4 Å². The molecule has 132 valence electrons. The molecule has 7 nitrogen and oxygen atoms in total. The van der Waals surface area contributed by atoms with Crippen molar-refractivity contribution in [3.05, 3.63) is 77.2 Å². The minimum atomic E-state index is -4.67. The lowest BCUT2D eigenvalue weighted by atomic mass is 10.1. The zero-order valence-electron chi connectivity index (χ0n) is 13.2. The molecular formula is C18H13NO6S. The van der Waals surface area contributed by atoms with E-state index in [1.165, 1.54) is 6.07 Å². The molecule has 0 aliphatic rings. The molecule has 4 aromatic rings. The molecule has 2 aromatic carbocycles. The first kappa shape index (κ1) is 17.7. The first-order valence-corrected chi connectivity index (χ1v) is 8.78. The van der Waals surface area contributed by atoms with E-state index >= 15 is 0 Å². The zero-order chi connectivity index (χ0) is 18.7. The maximum absolute atomic E-state index is 12.3. The normalized spacial score (nSPS) is 11.2. The van der Waals surface area contributed by atoms with Crippen LogP contribution in [0.3, 0.4) is 0 Å². The largest absolute Gasteiger partial charge is 0.455 e. The van der Waals surface area contributed by atoms with Crippen LogP contribution in [-0.4, -0.2) is 22.5 Å². The molecule has 2 N–H and O–H groups in total. The van der Waals surface area contributed by atoms with Gasteiger partial charge in [-0.1, -0.05) is 30.3 Å². The maximum Gasteiger partial charge on any atom is 0.394 e. The Bertz CT molecular complexity index is 1220. The summed E-state index contributed by atoms with van der Waals surface area (Å²) in [6, 6.07) is 16.8. The van der Waals surface area contributed by atoms with Crippen LogP contribution in [0.1, 0.15) is 0 Å². The number of nitrogens with zero attached hydrogens (tertiary/aromatic N) is 1. The Morgan fingerprint density at radius 2 is 1.54 bits per heavy atom. The van der Waals surface area contributed by atoms with E-state index < -0.39 is 10.4 Å². The highest BCUT2D eigenvalue weighted by Crippen LogP contribution is 2.27. The zero-order valence-corrected chi connectivity index (χ0v) is 14.1. The van der Waals surface area contributed by atoms with Crippen LogP contribution in [0.25, 0.3) is 33.1 Å². The van der Waals surface area contributed by atoms with Crippen molar-refractivity contribution in [3.8, 4) is 11.3 Å². The molecule has 0 bridgehead atoms. The Morgan fingerprint density at radius 1 is 0.885 bits per heavy atom. The van der Waals surface area contributed by atoms with Crippen molar-refractivity contribution < 1.29 is 21.9 Å². The van der Waals surface area contributed by atoms with Gasteiger partial charge in [-0.3, -0.25) is 18.9 Å². The Morgan fingerprint density at radius 3 is 2.23 bits per heavy atom. The van der Waals surface area contributed by atoms with Crippen LogP contribution in [0, 0.1) is 0 Å². The third-order valence-corrected chi connectivity index (χ3v) is 3.58. The van der Waals surface area contributed by atoms with E-state index in [0.717, 1.165) is 16.3 Å². The van der Waals surface area contributed by atoms with Crippen LogP contribution >= 0.6 is 0 Å². The Labute approximate surface area is 148 Å². The van der Waals surface area contributed by atoms with E-state index in [1.54, 1.807) is 12.4 Å². The summed E-state index contributed by atoms with van der Waals surface area (Å²) >= 11 is 0. The van der Waals surface area contributed by atoms with Crippen LogP contribution in [-0.2, 0) is 10.4 Å². The van der Waals surface area contributed by atoms with Gasteiger partial charge in [-0.05, 0) is 23.6 Å². The third kappa shape index (κ3) is 4.12. The summed E-state index contributed by atoms with van der Waals surface area (Å²) in [7, 11) is -4.67. The molecule has 0 aliphatic heterocycles. The smallest absolute Gasteiger partial charge is 0.394 e. The third-order valence-electron chi connectivity index (χ3n) is 3.58. The highest BCUT2D eigenvalue weighted by molar-refractivity contribution is 7.79. The summed E-state index contributed by atoms with van der Waals surface area (Å²) in [5.74, 6) is 0.561. The minimum absolute atomic E-state index is 0.0335. The molecule has 0 saturated carbocycles. The van der Waals surface area contributed by atoms with E-state index in [2.05, 4.69) is 4.98 Å². The van der Waals surface area contributed by atoms with Gasteiger partial charge in [0.25, 0.3) is 0 Å². The highest BCUT2D eigenvalue weighted by Gasteiger charge is 2.09. The van der Waals surface area contributed by atoms with E-state index in [9.17, 15) is 4.79 Å². The fraction of sp³-hybridized carbons (Fsp3) is 0. The molecular weight excluding hydrogens is 358 g/mol. The number of rotatable bonds is 1. The first-order chi connectivity index (χ1) is 12.3. The second-order valence-corrected chi connectivity index (χ2v) is 6.22. The average molecular weight is 371 g/mol. The van der Waals surface area contributed by atoms with Gasteiger partial charge in [-0.15, -0.1) is 0 Å². The average Bonchev–Trinajstić information content (AvgIpc) is 2.61. The van der Waals surface area contributed by atoms with Gasteiger partial charge in [0.1, 0.15) is 11.3 Å². The molecule has 4 rings (SSSR count). The lowest BCUT2D eigenvalue weighted by Gasteiger charge is -2.05. The summed E-state index contributed by atoms with van der Waals surface area (Å²) in [4.78, 5) is 16.3. The van der Waals surface area contributed by atoms with Crippen molar-refractivity contribution >= 4 is 32.1 Å². The van der Waals surface area contributed by atoms with Crippen molar-refractivity contribution in [1.29, 1.82) is 0 Å². The summed E-state index contributed by atoms with van der Waals surface area (Å²) < 4.78 is 37.6. The standard InChI is InChI=1S/C18H11NO2.H2O4S/c20-16-11-17(13-7-9-19-10-8-13)21-18-14-4-2-1-3-12(14)5-6-15(16)18;1-5(2,3)4/h1-11H;(H2,1,2,3,4). The Hall–Kier alpha value is -3.07. The summed E-state index contributed by atoms with van der Waals surface area (Å²) in [6.07, 6.45) is 3.37. The molecule has 0 unspecified atom stereocenters. The first-order valence-electron chi connectivity index (χ1n) is 7.39. The van der Waals surface area contributed by atoms with E-state index in [0.29, 0.717) is 16.7 Å². The Kier molecular flexibility index (Phi) is 4.81. The summed E-state index contributed by atoms with van der Waals surface area (Å²) in [5, 5.41) is 2.61. The van der Waals surface area contributed by atoms with Crippen molar-refractivity contribution in [2.24, 2.45) is 0 Å². The van der Waals surface area contributed by atoms with E-state index in [1.807, 2.05) is 48.5 Å². The number of pyridine rings is 1. The maximum atomic E-state index is 12.3. The van der Waals surface area contributed by atoms with E-state index in [-0.39, 0.29) is 5.43 Å². The number of hydrogen-bond acceptors (Lipinski definition) is 5. The van der Waals surface area contributed by atoms with Crippen molar-refractivity contribution in [1.82, 2.24) is 4.98 Å². The Balaban J connectivity index is 0.000000349. The van der Waals surface area contributed by atoms with E-state index in [4.69, 9.17) is 21.9 Å². The van der Waals surface area contributed by atoms with Crippen LogP contribution in [0.4, 0.5) is 0 Å². The lowest BCUT2D eigenvalue weighted by molar-refractivity contribution is 0.381. The second-order valence-electron chi connectivity index (χ2n) is 5.32. The van der Waals surface area contributed by atoms with Gasteiger partial charge in [-0.25, -0.2) is 0 Å². The van der Waals surface area contributed by atoms with Crippen molar-refractivity contribution in [3.63, 3.8) is 0 Å². The van der Waals surface area contributed by atoms with Crippen LogP contribution in [0.5, 0.6) is 0 Å². The van der Waals surface area contributed by atoms with Gasteiger partial charge in [0, 0.05) is 29.4 Å². The number of aromatic nitrogens is 1. The van der Waals surface area contributed by atoms with Crippen LogP contribution in [0.15, 0.2) is 76.2 Å². The van der Waals surface area contributed by atoms with Crippen LogP contribution < -0.4 is 5.43 Å². The lowest BCUT2D eigenvalue weighted by Crippen LogP contribution is -2.00. The molecule has 0 radical (unpaired) electrons. The summed E-state index contributed by atoms with van der Waals surface area (Å²) in [5.41, 5.74) is 1.44. The fourth-order valence-corrected chi connectivity index (χ4v) is 2.54. The molecule has 0 fully saturated rings.